The molecule has 1 aliphatic rings. The van der Waals surface area contributed by atoms with Gasteiger partial charge in [0, 0.05) is 6.42 Å². The van der Waals surface area contributed by atoms with Crippen molar-refractivity contribution in [1.29, 1.82) is 0 Å². The fraction of sp³-hybridized carbons (Fsp3) is 0.773. The van der Waals surface area contributed by atoms with E-state index in [9.17, 15) is 15.0 Å². The van der Waals surface area contributed by atoms with E-state index in [2.05, 4.69) is 32.9 Å². The zero-order valence-electron chi connectivity index (χ0n) is 16.8. The van der Waals surface area contributed by atoms with Gasteiger partial charge in [-0.2, -0.15) is 0 Å². The standard InChI is InChI=1S/C22H38O4/c1-4-5-15-22(2,3)16-9-13-18-12-8-11-17(18)10-6-7-14-19(23)20(24)21(25)26/h9,13,17-18,23-24H,4-8,10-12,14-16H2,1-3H3,(H,25,26)/b13-9+,20-19+/t17-,18+/m0/s1. The van der Waals surface area contributed by atoms with Gasteiger partial charge in [-0.15, -0.1) is 0 Å². The van der Waals surface area contributed by atoms with Gasteiger partial charge in [-0.3, -0.25) is 0 Å². The summed E-state index contributed by atoms with van der Waals surface area (Å²) in [6.45, 7) is 6.95. The van der Waals surface area contributed by atoms with Crippen LogP contribution in [0.4, 0.5) is 0 Å². The molecule has 0 aromatic rings. The average molecular weight is 367 g/mol. The number of rotatable bonds is 12. The molecule has 0 aromatic carbocycles. The summed E-state index contributed by atoms with van der Waals surface area (Å²) in [4.78, 5) is 10.6. The highest BCUT2D eigenvalue weighted by Gasteiger charge is 2.25. The Hall–Kier alpha value is -1.45. The minimum Gasteiger partial charge on any atom is -0.508 e. The SMILES string of the molecule is CCCCC(C)(C)C/C=C/[C@H]1CCC[C@@H]1CCCC/C(O)=C(\O)C(=O)O. The normalized spacial score (nSPS) is 22.0. The van der Waals surface area contributed by atoms with Crippen molar-refractivity contribution in [3.05, 3.63) is 23.7 Å². The monoisotopic (exact) mass is 366 g/mol. The molecule has 0 amide bonds. The highest BCUT2D eigenvalue weighted by Crippen LogP contribution is 2.37. The van der Waals surface area contributed by atoms with Crippen molar-refractivity contribution in [3.8, 4) is 0 Å². The topological polar surface area (TPSA) is 77.8 Å². The molecule has 1 aliphatic carbocycles. The second-order valence-corrected chi connectivity index (χ2v) is 8.60. The Morgan fingerprint density at radius 1 is 1.12 bits per heavy atom. The van der Waals surface area contributed by atoms with Crippen molar-refractivity contribution >= 4 is 5.97 Å². The summed E-state index contributed by atoms with van der Waals surface area (Å²) in [6.07, 6.45) is 16.6. The number of aliphatic hydroxyl groups excluding tert-OH is 2. The van der Waals surface area contributed by atoms with Gasteiger partial charge in [0.1, 0.15) is 5.76 Å². The van der Waals surface area contributed by atoms with Crippen LogP contribution in [0.3, 0.4) is 0 Å². The van der Waals surface area contributed by atoms with Gasteiger partial charge in [0.05, 0.1) is 0 Å². The van der Waals surface area contributed by atoms with E-state index in [1.165, 1.54) is 38.5 Å². The summed E-state index contributed by atoms with van der Waals surface area (Å²) in [5, 5.41) is 27.3. The Bertz CT molecular complexity index is 490. The number of hydrogen-bond donors (Lipinski definition) is 3. The molecule has 3 N–H and O–H groups in total. The third-order valence-corrected chi connectivity index (χ3v) is 5.69. The van der Waals surface area contributed by atoms with E-state index in [4.69, 9.17) is 5.11 Å². The van der Waals surface area contributed by atoms with Crippen LogP contribution >= 0.6 is 0 Å². The van der Waals surface area contributed by atoms with Gasteiger partial charge in [-0.25, -0.2) is 4.79 Å². The smallest absolute Gasteiger partial charge is 0.374 e. The summed E-state index contributed by atoms with van der Waals surface area (Å²) in [5.41, 5.74) is 0.386. The number of hydrogen-bond acceptors (Lipinski definition) is 3. The van der Waals surface area contributed by atoms with Gasteiger partial charge in [0.25, 0.3) is 0 Å². The zero-order valence-corrected chi connectivity index (χ0v) is 16.8. The Labute approximate surface area is 159 Å². The lowest BCUT2D eigenvalue weighted by atomic mass is 9.83. The van der Waals surface area contributed by atoms with Crippen LogP contribution in [-0.4, -0.2) is 21.3 Å². The van der Waals surface area contributed by atoms with Gasteiger partial charge in [0.15, 0.2) is 0 Å². The number of carboxylic acids is 1. The van der Waals surface area contributed by atoms with Crippen LogP contribution in [0.25, 0.3) is 0 Å². The molecule has 1 saturated carbocycles. The maximum absolute atomic E-state index is 10.6. The number of aliphatic hydroxyl groups is 2. The summed E-state index contributed by atoms with van der Waals surface area (Å²) in [5.74, 6) is -1.44. The number of allylic oxidation sites excluding steroid dienone is 3. The largest absolute Gasteiger partial charge is 0.508 e. The van der Waals surface area contributed by atoms with Gasteiger partial charge < -0.3 is 15.3 Å². The fourth-order valence-electron chi connectivity index (χ4n) is 3.94. The number of unbranched alkanes of at least 4 members (excludes halogenated alkanes) is 2. The molecule has 26 heavy (non-hydrogen) atoms. The quantitative estimate of drug-likeness (QED) is 0.159. The predicted octanol–water partition coefficient (Wildman–Crippen LogP) is 6.54. The molecule has 4 heteroatoms. The maximum atomic E-state index is 10.6. The first-order valence-electron chi connectivity index (χ1n) is 10.3. The third-order valence-electron chi connectivity index (χ3n) is 5.69. The van der Waals surface area contributed by atoms with E-state index in [1.54, 1.807) is 0 Å². The van der Waals surface area contributed by atoms with E-state index in [0.717, 1.165) is 19.3 Å². The first-order valence-corrected chi connectivity index (χ1v) is 10.3. The first-order chi connectivity index (χ1) is 12.3. The van der Waals surface area contributed by atoms with E-state index < -0.39 is 17.5 Å². The highest BCUT2D eigenvalue weighted by molar-refractivity contribution is 5.84. The Morgan fingerprint density at radius 3 is 2.50 bits per heavy atom. The van der Waals surface area contributed by atoms with Gasteiger partial charge in [-0.1, -0.05) is 58.6 Å². The van der Waals surface area contributed by atoms with Crippen LogP contribution in [0.2, 0.25) is 0 Å². The van der Waals surface area contributed by atoms with Gasteiger partial charge in [-0.05, 0) is 55.8 Å². The van der Waals surface area contributed by atoms with Gasteiger partial charge in [0.2, 0.25) is 5.76 Å². The van der Waals surface area contributed by atoms with Crippen molar-refractivity contribution in [3.63, 3.8) is 0 Å². The molecule has 2 atom stereocenters. The second-order valence-electron chi connectivity index (χ2n) is 8.60. The minimum atomic E-state index is -1.47. The van der Waals surface area contributed by atoms with Gasteiger partial charge >= 0.3 is 5.97 Å². The van der Waals surface area contributed by atoms with Crippen LogP contribution in [0, 0.1) is 17.3 Å². The molecule has 0 saturated heterocycles. The van der Waals surface area contributed by atoms with Crippen LogP contribution in [0.15, 0.2) is 23.7 Å². The Balaban J connectivity index is 2.36. The molecule has 0 unspecified atom stereocenters. The third kappa shape index (κ3) is 8.29. The van der Waals surface area contributed by atoms with Crippen LogP contribution in [-0.2, 0) is 4.79 Å². The zero-order chi connectivity index (χ0) is 19.6. The summed E-state index contributed by atoms with van der Waals surface area (Å²) < 4.78 is 0. The van der Waals surface area contributed by atoms with Crippen LogP contribution in [0.5, 0.6) is 0 Å². The highest BCUT2D eigenvalue weighted by atomic mass is 16.4. The van der Waals surface area contributed by atoms with E-state index in [1.807, 2.05) is 0 Å². The lowest BCUT2D eigenvalue weighted by Crippen LogP contribution is -2.10. The average Bonchev–Trinajstić information content (AvgIpc) is 3.03. The number of aliphatic carboxylic acids is 1. The van der Waals surface area contributed by atoms with E-state index in [0.29, 0.717) is 23.7 Å². The molecule has 0 aliphatic heterocycles. The van der Waals surface area contributed by atoms with Crippen molar-refractivity contribution in [1.82, 2.24) is 0 Å². The van der Waals surface area contributed by atoms with E-state index in [-0.39, 0.29) is 6.42 Å². The summed E-state index contributed by atoms with van der Waals surface area (Å²) in [7, 11) is 0. The number of carbonyl (C=O) groups is 1. The van der Waals surface area contributed by atoms with Crippen molar-refractivity contribution < 1.29 is 20.1 Å². The molecule has 0 heterocycles. The minimum absolute atomic E-state index is 0.233. The predicted molar refractivity (Wildman–Crippen MR) is 106 cm³/mol. The van der Waals surface area contributed by atoms with Crippen molar-refractivity contribution in [2.45, 2.75) is 91.4 Å². The molecular weight excluding hydrogens is 328 g/mol. The number of carboxylic acid groups (broad SMARTS) is 1. The summed E-state index contributed by atoms with van der Waals surface area (Å²) >= 11 is 0. The molecule has 0 bridgehead atoms. The molecule has 150 valence electrons. The van der Waals surface area contributed by atoms with Crippen molar-refractivity contribution in [2.75, 3.05) is 0 Å². The summed E-state index contributed by atoms with van der Waals surface area (Å²) in [6, 6.07) is 0. The molecule has 0 radical (unpaired) electrons. The molecule has 1 fully saturated rings. The second kappa shape index (κ2) is 11.3. The molecule has 4 nitrogen and oxygen atoms in total. The molecule has 1 rings (SSSR count). The molecule has 0 aromatic heterocycles. The lowest BCUT2D eigenvalue weighted by molar-refractivity contribution is -0.135. The molecular formula is C22H38O4. The lowest BCUT2D eigenvalue weighted by Gasteiger charge is -2.23. The van der Waals surface area contributed by atoms with Crippen molar-refractivity contribution in [2.24, 2.45) is 17.3 Å². The van der Waals surface area contributed by atoms with E-state index >= 15 is 0 Å². The van der Waals surface area contributed by atoms with Crippen LogP contribution in [0.1, 0.15) is 91.4 Å². The Kier molecular flexibility index (Phi) is 9.82. The van der Waals surface area contributed by atoms with Crippen LogP contribution < -0.4 is 0 Å². The maximum Gasteiger partial charge on any atom is 0.374 e. The Morgan fingerprint density at radius 2 is 1.85 bits per heavy atom. The molecule has 0 spiro atoms. The fourth-order valence-corrected chi connectivity index (χ4v) is 3.94. The first kappa shape index (κ1) is 22.6.